The Hall–Kier alpha value is -1.20. The highest BCUT2D eigenvalue weighted by molar-refractivity contribution is 7.80. The molecule has 17 heavy (non-hydrogen) atoms. The van der Waals surface area contributed by atoms with E-state index in [9.17, 15) is 0 Å². The number of aromatic nitrogens is 1. The first kappa shape index (κ1) is 12.3. The molecule has 2 heterocycles. The lowest BCUT2D eigenvalue weighted by molar-refractivity contribution is 0.0247. The Kier molecular flexibility index (Phi) is 4.28. The number of hydrogen-bond donors (Lipinski definition) is 2. The number of rotatable bonds is 4. The van der Waals surface area contributed by atoms with Gasteiger partial charge >= 0.3 is 0 Å². The largest absolute Gasteiger partial charge is 0.389 e. The van der Waals surface area contributed by atoms with Gasteiger partial charge in [-0.1, -0.05) is 12.2 Å². The van der Waals surface area contributed by atoms with E-state index in [1.165, 1.54) is 6.42 Å². The minimum Gasteiger partial charge on any atom is -0.389 e. The van der Waals surface area contributed by atoms with Crippen LogP contribution in [0.2, 0.25) is 0 Å². The van der Waals surface area contributed by atoms with Crippen LogP contribution in [0.5, 0.6) is 0 Å². The molecule has 1 aliphatic rings. The molecule has 1 saturated heterocycles. The number of thiocarbonyl (C=S) groups is 1. The van der Waals surface area contributed by atoms with Crippen LogP contribution in [0, 0.1) is 0 Å². The van der Waals surface area contributed by atoms with Gasteiger partial charge in [0, 0.05) is 19.3 Å². The van der Waals surface area contributed by atoms with Crippen LogP contribution in [0.3, 0.4) is 0 Å². The molecule has 4 nitrogen and oxygen atoms in total. The van der Waals surface area contributed by atoms with Crippen LogP contribution >= 0.6 is 12.2 Å². The van der Waals surface area contributed by atoms with E-state index >= 15 is 0 Å². The smallest absolute Gasteiger partial charge is 0.136 e. The average Bonchev–Trinajstić information content (AvgIpc) is 2.38. The van der Waals surface area contributed by atoms with Gasteiger partial charge in [0.2, 0.25) is 0 Å². The summed E-state index contributed by atoms with van der Waals surface area (Å²) in [5, 5.41) is 3.26. The molecule has 0 bridgehead atoms. The molecule has 5 heteroatoms. The minimum atomic E-state index is 0.268. The zero-order valence-corrected chi connectivity index (χ0v) is 10.5. The van der Waals surface area contributed by atoms with Crippen molar-refractivity contribution in [2.75, 3.05) is 18.5 Å². The summed E-state index contributed by atoms with van der Waals surface area (Å²) >= 11 is 4.99. The molecule has 0 amide bonds. The fourth-order valence-corrected chi connectivity index (χ4v) is 2.09. The molecule has 92 valence electrons. The molecule has 2 rings (SSSR count). The molecule has 1 unspecified atom stereocenters. The molecule has 1 aliphatic heterocycles. The van der Waals surface area contributed by atoms with E-state index in [2.05, 4.69) is 10.3 Å². The Labute approximate surface area is 107 Å². The number of pyridine rings is 1. The Morgan fingerprint density at radius 3 is 3.18 bits per heavy atom. The van der Waals surface area contributed by atoms with E-state index in [0.717, 1.165) is 37.4 Å². The molecular weight excluding hydrogens is 234 g/mol. The second-order valence-corrected chi connectivity index (χ2v) is 4.57. The van der Waals surface area contributed by atoms with Crippen LogP contribution in [0.25, 0.3) is 0 Å². The summed E-state index contributed by atoms with van der Waals surface area (Å²) in [6.07, 6.45) is 5.49. The first-order valence-electron chi connectivity index (χ1n) is 5.87. The topological polar surface area (TPSA) is 60.2 Å². The van der Waals surface area contributed by atoms with Gasteiger partial charge in [-0.05, 0) is 31.4 Å². The molecule has 1 atom stereocenters. The predicted octanol–water partition coefficient (Wildman–Crippen LogP) is 1.70. The number of anilines is 1. The summed E-state index contributed by atoms with van der Waals surface area (Å²) in [5.41, 5.74) is 6.43. The van der Waals surface area contributed by atoms with Crippen molar-refractivity contribution >= 4 is 23.0 Å². The van der Waals surface area contributed by atoms with E-state index < -0.39 is 0 Å². The summed E-state index contributed by atoms with van der Waals surface area (Å²) in [5.74, 6) is 0.745. The number of ether oxygens (including phenoxy) is 1. The van der Waals surface area contributed by atoms with Crippen molar-refractivity contribution in [1.82, 2.24) is 4.98 Å². The summed E-state index contributed by atoms with van der Waals surface area (Å²) in [6, 6.07) is 3.70. The fourth-order valence-electron chi connectivity index (χ4n) is 1.92. The molecule has 1 aromatic heterocycles. The van der Waals surface area contributed by atoms with Gasteiger partial charge in [0.1, 0.15) is 10.8 Å². The minimum absolute atomic E-state index is 0.268. The SMILES string of the molecule is NC(=S)c1cccnc1NCC1CCCCO1. The number of nitrogens with zero attached hydrogens (tertiary/aromatic N) is 1. The molecule has 0 aliphatic carbocycles. The maximum atomic E-state index is 5.65. The second-order valence-electron chi connectivity index (χ2n) is 4.13. The zero-order chi connectivity index (χ0) is 12.1. The lowest BCUT2D eigenvalue weighted by Gasteiger charge is -2.23. The molecule has 0 radical (unpaired) electrons. The van der Waals surface area contributed by atoms with E-state index in [0.29, 0.717) is 4.99 Å². The monoisotopic (exact) mass is 251 g/mol. The summed E-state index contributed by atoms with van der Waals surface area (Å²) < 4.78 is 5.65. The Bertz CT molecular complexity index is 391. The summed E-state index contributed by atoms with van der Waals surface area (Å²) in [7, 11) is 0. The molecule has 0 aromatic carbocycles. The van der Waals surface area contributed by atoms with E-state index in [1.807, 2.05) is 12.1 Å². The lowest BCUT2D eigenvalue weighted by atomic mass is 10.1. The highest BCUT2D eigenvalue weighted by Crippen LogP contribution is 2.15. The van der Waals surface area contributed by atoms with Crippen molar-refractivity contribution in [2.24, 2.45) is 5.73 Å². The fraction of sp³-hybridized carbons (Fsp3) is 0.500. The van der Waals surface area contributed by atoms with Crippen molar-refractivity contribution < 1.29 is 4.74 Å². The third-order valence-electron chi connectivity index (χ3n) is 2.84. The van der Waals surface area contributed by atoms with Gasteiger partial charge in [-0.3, -0.25) is 0 Å². The predicted molar refractivity (Wildman–Crippen MR) is 72.2 cm³/mol. The Morgan fingerprint density at radius 2 is 2.47 bits per heavy atom. The van der Waals surface area contributed by atoms with Crippen molar-refractivity contribution in [3.8, 4) is 0 Å². The third kappa shape index (κ3) is 3.38. The van der Waals surface area contributed by atoms with Crippen LogP contribution in [-0.4, -0.2) is 29.2 Å². The van der Waals surface area contributed by atoms with Crippen molar-refractivity contribution in [3.63, 3.8) is 0 Å². The van der Waals surface area contributed by atoms with Gasteiger partial charge in [0.05, 0.1) is 11.7 Å². The van der Waals surface area contributed by atoms with Gasteiger partial charge in [-0.2, -0.15) is 0 Å². The van der Waals surface area contributed by atoms with Gasteiger partial charge in [0.25, 0.3) is 0 Å². The second kappa shape index (κ2) is 5.93. The quantitative estimate of drug-likeness (QED) is 0.798. The van der Waals surface area contributed by atoms with Crippen molar-refractivity contribution in [2.45, 2.75) is 25.4 Å². The van der Waals surface area contributed by atoms with Gasteiger partial charge in [-0.25, -0.2) is 4.98 Å². The number of hydrogen-bond acceptors (Lipinski definition) is 4. The van der Waals surface area contributed by atoms with Crippen LogP contribution in [-0.2, 0) is 4.74 Å². The average molecular weight is 251 g/mol. The van der Waals surface area contributed by atoms with Crippen LogP contribution < -0.4 is 11.1 Å². The highest BCUT2D eigenvalue weighted by Gasteiger charge is 2.14. The normalized spacial score (nSPS) is 19.9. The van der Waals surface area contributed by atoms with Crippen molar-refractivity contribution in [3.05, 3.63) is 23.9 Å². The van der Waals surface area contributed by atoms with Crippen LogP contribution in [0.15, 0.2) is 18.3 Å². The summed E-state index contributed by atoms with van der Waals surface area (Å²) in [6.45, 7) is 1.61. The molecule has 0 spiro atoms. The first-order chi connectivity index (χ1) is 8.27. The van der Waals surface area contributed by atoms with E-state index in [4.69, 9.17) is 22.7 Å². The highest BCUT2D eigenvalue weighted by atomic mass is 32.1. The summed E-state index contributed by atoms with van der Waals surface area (Å²) in [4.78, 5) is 4.62. The zero-order valence-electron chi connectivity index (χ0n) is 9.69. The molecule has 0 saturated carbocycles. The molecule has 1 fully saturated rings. The maximum Gasteiger partial charge on any atom is 0.136 e. The van der Waals surface area contributed by atoms with Crippen molar-refractivity contribution in [1.29, 1.82) is 0 Å². The van der Waals surface area contributed by atoms with Gasteiger partial charge < -0.3 is 15.8 Å². The molecular formula is C12H17N3OS. The third-order valence-corrected chi connectivity index (χ3v) is 3.06. The van der Waals surface area contributed by atoms with E-state index in [1.54, 1.807) is 6.20 Å². The molecule has 3 N–H and O–H groups in total. The Balaban J connectivity index is 1.96. The van der Waals surface area contributed by atoms with Crippen LogP contribution in [0.4, 0.5) is 5.82 Å². The van der Waals surface area contributed by atoms with Gasteiger partial charge in [-0.15, -0.1) is 0 Å². The van der Waals surface area contributed by atoms with E-state index in [-0.39, 0.29) is 6.10 Å². The lowest BCUT2D eigenvalue weighted by Crippen LogP contribution is -2.28. The Morgan fingerprint density at radius 1 is 1.59 bits per heavy atom. The maximum absolute atomic E-state index is 5.65. The van der Waals surface area contributed by atoms with Gasteiger partial charge in [0.15, 0.2) is 0 Å². The van der Waals surface area contributed by atoms with Crippen LogP contribution in [0.1, 0.15) is 24.8 Å². The standard InChI is InChI=1S/C12H17N3OS/c13-11(17)10-5-3-6-14-12(10)15-8-9-4-1-2-7-16-9/h3,5-6,9H,1-2,4,7-8H2,(H2,13,17)(H,14,15). The molecule has 1 aromatic rings. The number of nitrogens with two attached hydrogens (primary N) is 1. The number of nitrogens with one attached hydrogen (secondary N) is 1. The first-order valence-corrected chi connectivity index (χ1v) is 6.28.